The fraction of sp³-hybridized carbons (Fsp3) is 0.455. The maximum atomic E-state index is 11.8. The first kappa shape index (κ1) is 15.2. The van der Waals surface area contributed by atoms with Crippen molar-refractivity contribution in [1.29, 1.82) is 0 Å². The largest absolute Gasteiger partial charge is 0.497 e. The molecule has 1 rings (SSSR count). The first-order valence-electron chi connectivity index (χ1n) is 5.37. The van der Waals surface area contributed by atoms with Crippen molar-refractivity contribution in [2.24, 2.45) is 0 Å². The van der Waals surface area contributed by atoms with Crippen LogP contribution in [0.25, 0.3) is 0 Å². The van der Waals surface area contributed by atoms with Gasteiger partial charge in [-0.15, -0.1) is 11.6 Å². The standard InChI is InChI=1S/C11H16ClNO4S/c1-16-10-2-4-11(5-3-10)18(14,15)13-7-9-17-8-6-12/h2-5,13H,6-9H2,1H3. The molecule has 0 radical (unpaired) electrons. The molecule has 0 aliphatic carbocycles. The number of nitrogens with one attached hydrogen (secondary N) is 1. The van der Waals surface area contributed by atoms with Gasteiger partial charge in [0.05, 0.1) is 25.2 Å². The summed E-state index contributed by atoms with van der Waals surface area (Å²) >= 11 is 5.42. The number of methoxy groups -OCH3 is 1. The van der Waals surface area contributed by atoms with Crippen LogP contribution in [0.1, 0.15) is 0 Å². The zero-order valence-corrected chi connectivity index (χ0v) is 11.6. The van der Waals surface area contributed by atoms with Gasteiger partial charge in [-0.05, 0) is 24.3 Å². The summed E-state index contributed by atoms with van der Waals surface area (Å²) in [5.74, 6) is 1.00. The van der Waals surface area contributed by atoms with Crippen LogP contribution < -0.4 is 9.46 Å². The van der Waals surface area contributed by atoms with E-state index in [4.69, 9.17) is 21.1 Å². The SMILES string of the molecule is COc1ccc(S(=O)(=O)NCCOCCCl)cc1. The van der Waals surface area contributed by atoms with Crippen LogP contribution >= 0.6 is 11.6 Å². The lowest BCUT2D eigenvalue weighted by Gasteiger charge is -2.07. The average Bonchev–Trinajstić information content (AvgIpc) is 2.38. The molecule has 0 aromatic heterocycles. The molecule has 0 bridgehead atoms. The molecule has 0 unspecified atom stereocenters. The van der Waals surface area contributed by atoms with Gasteiger partial charge in [-0.2, -0.15) is 0 Å². The molecule has 5 nitrogen and oxygen atoms in total. The Balaban J connectivity index is 2.51. The van der Waals surface area contributed by atoms with Gasteiger partial charge in [0, 0.05) is 12.4 Å². The molecule has 18 heavy (non-hydrogen) atoms. The van der Waals surface area contributed by atoms with E-state index in [1.165, 1.54) is 19.2 Å². The molecular weight excluding hydrogens is 278 g/mol. The van der Waals surface area contributed by atoms with Gasteiger partial charge in [-0.1, -0.05) is 0 Å². The van der Waals surface area contributed by atoms with Crippen LogP contribution in [0.5, 0.6) is 5.75 Å². The molecule has 0 heterocycles. The monoisotopic (exact) mass is 293 g/mol. The fourth-order valence-electron chi connectivity index (χ4n) is 1.24. The third-order valence-electron chi connectivity index (χ3n) is 2.13. The fourth-order valence-corrected chi connectivity index (χ4v) is 2.37. The number of hydrogen-bond acceptors (Lipinski definition) is 4. The predicted octanol–water partition coefficient (Wildman–Crippen LogP) is 1.23. The molecule has 0 fully saturated rings. The normalized spacial score (nSPS) is 11.4. The molecule has 1 aromatic carbocycles. The maximum absolute atomic E-state index is 11.8. The Bertz CT molecular complexity index is 447. The van der Waals surface area contributed by atoms with Crippen molar-refractivity contribution in [3.63, 3.8) is 0 Å². The van der Waals surface area contributed by atoms with Crippen LogP contribution in [-0.4, -0.2) is 41.2 Å². The molecule has 0 spiro atoms. The van der Waals surface area contributed by atoms with Crippen molar-refractivity contribution >= 4 is 21.6 Å². The Morgan fingerprint density at radius 2 is 1.89 bits per heavy atom. The molecule has 1 aromatic rings. The van der Waals surface area contributed by atoms with Gasteiger partial charge in [0.2, 0.25) is 10.0 Å². The predicted molar refractivity (Wildman–Crippen MR) is 69.7 cm³/mol. The van der Waals surface area contributed by atoms with Crippen molar-refractivity contribution < 1.29 is 17.9 Å². The second-order valence-electron chi connectivity index (χ2n) is 3.37. The molecule has 0 atom stereocenters. The first-order valence-corrected chi connectivity index (χ1v) is 7.39. The topological polar surface area (TPSA) is 64.6 Å². The molecule has 0 amide bonds. The van der Waals surface area contributed by atoms with E-state index in [2.05, 4.69) is 4.72 Å². The van der Waals surface area contributed by atoms with E-state index in [0.717, 1.165) is 0 Å². The summed E-state index contributed by atoms with van der Waals surface area (Å²) in [7, 11) is -1.97. The number of rotatable bonds is 8. The molecule has 7 heteroatoms. The van der Waals surface area contributed by atoms with Crippen molar-refractivity contribution in [2.45, 2.75) is 4.90 Å². The van der Waals surface area contributed by atoms with E-state index in [1.54, 1.807) is 12.1 Å². The second-order valence-corrected chi connectivity index (χ2v) is 5.52. The van der Waals surface area contributed by atoms with Crippen LogP contribution in [0.4, 0.5) is 0 Å². The Hall–Kier alpha value is -0.820. The zero-order chi connectivity index (χ0) is 13.4. The summed E-state index contributed by atoms with van der Waals surface area (Å²) in [6.07, 6.45) is 0. The van der Waals surface area contributed by atoms with Gasteiger partial charge in [0.25, 0.3) is 0 Å². The lowest BCUT2D eigenvalue weighted by Crippen LogP contribution is -2.27. The smallest absolute Gasteiger partial charge is 0.240 e. The highest BCUT2D eigenvalue weighted by Crippen LogP contribution is 2.14. The van der Waals surface area contributed by atoms with E-state index < -0.39 is 10.0 Å². The van der Waals surface area contributed by atoms with Crippen LogP contribution in [0.15, 0.2) is 29.2 Å². The maximum Gasteiger partial charge on any atom is 0.240 e. The molecule has 0 aliphatic heterocycles. The van der Waals surface area contributed by atoms with E-state index >= 15 is 0 Å². The summed E-state index contributed by atoms with van der Waals surface area (Å²) in [5, 5.41) is 0. The molecule has 102 valence electrons. The lowest BCUT2D eigenvalue weighted by atomic mass is 10.3. The lowest BCUT2D eigenvalue weighted by molar-refractivity contribution is 0.155. The van der Waals surface area contributed by atoms with Crippen molar-refractivity contribution in [1.82, 2.24) is 4.72 Å². The van der Waals surface area contributed by atoms with Crippen LogP contribution in [0, 0.1) is 0 Å². The molecular formula is C11H16ClNO4S. The summed E-state index contributed by atoms with van der Waals surface area (Å²) in [6.45, 7) is 0.916. The Morgan fingerprint density at radius 1 is 1.22 bits per heavy atom. The van der Waals surface area contributed by atoms with Crippen LogP contribution in [0.2, 0.25) is 0 Å². The third kappa shape index (κ3) is 4.81. The average molecular weight is 294 g/mol. The second kappa shape index (κ2) is 7.58. The van der Waals surface area contributed by atoms with Gasteiger partial charge in [0.1, 0.15) is 5.75 Å². The van der Waals surface area contributed by atoms with E-state index in [0.29, 0.717) is 24.8 Å². The highest BCUT2D eigenvalue weighted by Gasteiger charge is 2.12. The van der Waals surface area contributed by atoms with Crippen molar-refractivity contribution in [3.05, 3.63) is 24.3 Å². The Labute approximate surface area is 112 Å². The molecule has 1 N–H and O–H groups in total. The van der Waals surface area contributed by atoms with Gasteiger partial charge in [0.15, 0.2) is 0 Å². The van der Waals surface area contributed by atoms with Crippen molar-refractivity contribution in [2.75, 3.05) is 32.7 Å². The zero-order valence-electron chi connectivity index (χ0n) is 10.1. The summed E-state index contributed by atoms with van der Waals surface area (Å²) in [4.78, 5) is 0.195. The van der Waals surface area contributed by atoms with E-state index in [1.807, 2.05) is 0 Å². The quantitative estimate of drug-likeness (QED) is 0.578. The minimum Gasteiger partial charge on any atom is -0.497 e. The van der Waals surface area contributed by atoms with Crippen molar-refractivity contribution in [3.8, 4) is 5.75 Å². The van der Waals surface area contributed by atoms with Gasteiger partial charge < -0.3 is 9.47 Å². The number of hydrogen-bond donors (Lipinski definition) is 1. The highest BCUT2D eigenvalue weighted by atomic mass is 35.5. The first-order chi connectivity index (χ1) is 8.60. The molecule has 0 aliphatic rings. The Morgan fingerprint density at radius 3 is 2.44 bits per heavy atom. The van der Waals surface area contributed by atoms with Gasteiger partial charge >= 0.3 is 0 Å². The molecule has 0 saturated heterocycles. The number of halogens is 1. The number of alkyl halides is 1. The summed E-state index contributed by atoms with van der Waals surface area (Å²) in [5.41, 5.74) is 0. The van der Waals surface area contributed by atoms with Crippen LogP contribution in [0.3, 0.4) is 0 Å². The number of ether oxygens (including phenoxy) is 2. The third-order valence-corrected chi connectivity index (χ3v) is 3.76. The molecule has 0 saturated carbocycles. The number of sulfonamides is 1. The summed E-state index contributed by atoms with van der Waals surface area (Å²) < 4.78 is 36.1. The minimum absolute atomic E-state index is 0.195. The van der Waals surface area contributed by atoms with Gasteiger partial charge in [-0.25, -0.2) is 13.1 Å². The van der Waals surface area contributed by atoms with E-state index in [9.17, 15) is 8.42 Å². The van der Waals surface area contributed by atoms with Crippen LogP contribution in [-0.2, 0) is 14.8 Å². The minimum atomic E-state index is -3.49. The van der Waals surface area contributed by atoms with E-state index in [-0.39, 0.29) is 11.4 Å². The summed E-state index contributed by atoms with van der Waals surface area (Å²) in [6, 6.07) is 6.17. The Kier molecular flexibility index (Phi) is 6.42. The number of benzene rings is 1. The highest BCUT2D eigenvalue weighted by molar-refractivity contribution is 7.89. The van der Waals surface area contributed by atoms with Gasteiger partial charge in [-0.3, -0.25) is 0 Å².